The summed E-state index contributed by atoms with van der Waals surface area (Å²) in [5, 5.41) is 2.20. The van der Waals surface area contributed by atoms with Crippen molar-refractivity contribution in [2.75, 3.05) is 4.90 Å². The number of rotatable bonds is 8. The second-order valence-electron chi connectivity index (χ2n) is 15.8. The van der Waals surface area contributed by atoms with E-state index in [1.54, 1.807) is 12.1 Å². The van der Waals surface area contributed by atoms with Crippen LogP contribution in [0.15, 0.2) is 243 Å². The molecule has 288 valence electrons. The lowest BCUT2D eigenvalue weighted by molar-refractivity contribution is 0.628. The Morgan fingerprint density at radius 3 is 1.48 bits per heavy atom. The molecular weight excluding hydrogens is 742 g/mol. The fourth-order valence-corrected chi connectivity index (χ4v) is 9.74. The Hall–Kier alpha value is -7.81. The number of fused-ring (bicyclic) bond motifs is 4. The molecule has 61 heavy (non-hydrogen) atoms. The van der Waals surface area contributed by atoms with Crippen LogP contribution in [0.1, 0.15) is 22.3 Å². The van der Waals surface area contributed by atoms with Crippen molar-refractivity contribution >= 4 is 27.8 Å². The van der Waals surface area contributed by atoms with Gasteiger partial charge in [0.15, 0.2) is 0 Å². The van der Waals surface area contributed by atoms with Crippen LogP contribution in [0.3, 0.4) is 0 Å². The minimum atomic E-state index is -0.536. The van der Waals surface area contributed by atoms with Gasteiger partial charge in [-0.1, -0.05) is 194 Å². The van der Waals surface area contributed by atoms with Gasteiger partial charge in [-0.15, -0.1) is 0 Å². The maximum absolute atomic E-state index is 14.7. The molecule has 0 atom stereocenters. The van der Waals surface area contributed by atoms with Crippen LogP contribution in [0.2, 0.25) is 0 Å². The molecule has 0 N–H and O–H groups in total. The molecule has 0 unspecified atom stereocenters. The van der Waals surface area contributed by atoms with Crippen LogP contribution in [0.5, 0.6) is 0 Å². The molecule has 0 saturated heterocycles. The first kappa shape index (κ1) is 36.3. The van der Waals surface area contributed by atoms with E-state index in [0.717, 1.165) is 55.7 Å². The van der Waals surface area contributed by atoms with Gasteiger partial charge in [-0.2, -0.15) is 0 Å². The summed E-state index contributed by atoms with van der Waals surface area (Å²) >= 11 is 0. The Kier molecular flexibility index (Phi) is 8.98. The van der Waals surface area contributed by atoms with Crippen molar-refractivity contribution in [2.45, 2.75) is 5.41 Å². The number of benzene rings is 10. The largest absolute Gasteiger partial charge is 0.310 e. The third-order valence-electron chi connectivity index (χ3n) is 12.4. The number of hydrogen-bond acceptors (Lipinski definition) is 1. The van der Waals surface area contributed by atoms with Crippen molar-refractivity contribution in [3.63, 3.8) is 0 Å². The van der Waals surface area contributed by atoms with Crippen LogP contribution in [-0.4, -0.2) is 0 Å². The summed E-state index contributed by atoms with van der Waals surface area (Å²) < 4.78 is 14.7. The van der Waals surface area contributed by atoms with Crippen LogP contribution in [0.25, 0.3) is 55.3 Å². The zero-order chi connectivity index (χ0) is 40.8. The molecule has 10 aromatic carbocycles. The van der Waals surface area contributed by atoms with E-state index in [1.807, 2.05) is 6.07 Å². The molecule has 0 fully saturated rings. The summed E-state index contributed by atoms with van der Waals surface area (Å²) in [6, 6.07) is 85.8. The first-order valence-electron chi connectivity index (χ1n) is 20.9. The lowest BCUT2D eigenvalue weighted by Gasteiger charge is -2.35. The van der Waals surface area contributed by atoms with E-state index < -0.39 is 5.41 Å². The number of anilines is 3. The van der Waals surface area contributed by atoms with Gasteiger partial charge in [-0.3, -0.25) is 0 Å². The van der Waals surface area contributed by atoms with Crippen molar-refractivity contribution in [1.82, 2.24) is 0 Å². The molecule has 0 saturated carbocycles. The average molecular weight is 782 g/mol. The highest BCUT2D eigenvalue weighted by Gasteiger charge is 2.46. The predicted octanol–water partition coefficient (Wildman–Crippen LogP) is 15.8. The molecule has 1 aliphatic carbocycles. The van der Waals surface area contributed by atoms with E-state index in [0.29, 0.717) is 0 Å². The second-order valence-corrected chi connectivity index (χ2v) is 15.8. The van der Waals surface area contributed by atoms with Gasteiger partial charge in [-0.25, -0.2) is 4.39 Å². The van der Waals surface area contributed by atoms with Crippen LogP contribution in [0, 0.1) is 5.82 Å². The normalized spacial score (nSPS) is 12.5. The van der Waals surface area contributed by atoms with Crippen molar-refractivity contribution in [3.8, 4) is 44.5 Å². The third kappa shape index (κ3) is 6.15. The Morgan fingerprint density at radius 1 is 0.311 bits per heavy atom. The molecule has 2 heteroatoms. The zero-order valence-electron chi connectivity index (χ0n) is 33.4. The SMILES string of the molecule is Fc1cccc(-c2cccc3cccc(-c4cccc(N(c5ccc(-c6ccccc6)cc5)c5ccc6c(c5)C(c5ccccc5)(c5ccccc5)c5ccccc5-6)c4)c23)c1. The maximum Gasteiger partial charge on any atom is 0.123 e. The zero-order valence-corrected chi connectivity index (χ0v) is 33.4. The molecule has 0 aromatic heterocycles. The molecule has 0 aliphatic heterocycles. The van der Waals surface area contributed by atoms with Gasteiger partial charge in [0.25, 0.3) is 0 Å². The summed E-state index contributed by atoms with van der Waals surface area (Å²) in [6.07, 6.45) is 0. The summed E-state index contributed by atoms with van der Waals surface area (Å²) in [7, 11) is 0. The average Bonchev–Trinajstić information content (AvgIpc) is 3.63. The minimum Gasteiger partial charge on any atom is -0.310 e. The first-order valence-corrected chi connectivity index (χ1v) is 20.9. The van der Waals surface area contributed by atoms with E-state index in [4.69, 9.17) is 0 Å². The highest BCUT2D eigenvalue weighted by Crippen LogP contribution is 2.57. The Balaban J connectivity index is 1.13. The molecule has 0 spiro atoms. The molecule has 10 aromatic rings. The van der Waals surface area contributed by atoms with Gasteiger partial charge in [0.05, 0.1) is 5.41 Å². The van der Waals surface area contributed by atoms with Gasteiger partial charge >= 0.3 is 0 Å². The van der Waals surface area contributed by atoms with E-state index in [1.165, 1.54) is 45.0 Å². The summed E-state index contributed by atoms with van der Waals surface area (Å²) in [5.41, 5.74) is 16.5. The first-order chi connectivity index (χ1) is 30.2. The molecule has 0 bridgehead atoms. The summed E-state index contributed by atoms with van der Waals surface area (Å²) in [4.78, 5) is 2.39. The highest BCUT2D eigenvalue weighted by molar-refractivity contribution is 6.07. The molecule has 0 radical (unpaired) electrons. The lowest BCUT2D eigenvalue weighted by atomic mass is 9.67. The molecule has 11 rings (SSSR count). The molecule has 1 nitrogen and oxygen atoms in total. The maximum atomic E-state index is 14.7. The number of hydrogen-bond donors (Lipinski definition) is 0. The molecule has 0 heterocycles. The van der Waals surface area contributed by atoms with Crippen LogP contribution in [-0.2, 0) is 5.41 Å². The topological polar surface area (TPSA) is 3.24 Å². The highest BCUT2D eigenvalue weighted by atomic mass is 19.1. The van der Waals surface area contributed by atoms with E-state index in [2.05, 4.69) is 223 Å². The summed E-state index contributed by atoms with van der Waals surface area (Å²) in [5.74, 6) is -0.246. The Morgan fingerprint density at radius 2 is 0.803 bits per heavy atom. The van der Waals surface area contributed by atoms with Gasteiger partial charge < -0.3 is 4.90 Å². The monoisotopic (exact) mass is 781 g/mol. The van der Waals surface area contributed by atoms with Crippen LogP contribution >= 0.6 is 0 Å². The lowest BCUT2D eigenvalue weighted by Crippen LogP contribution is -2.28. The van der Waals surface area contributed by atoms with Gasteiger partial charge in [0.1, 0.15) is 5.82 Å². The van der Waals surface area contributed by atoms with E-state index in [9.17, 15) is 4.39 Å². The molecule has 0 amide bonds. The fraction of sp³-hybridized carbons (Fsp3) is 0.0169. The second kappa shape index (κ2) is 15.1. The molecular formula is C59H40FN. The Labute approximate surface area is 356 Å². The smallest absolute Gasteiger partial charge is 0.123 e. The standard InChI is InChI=1S/C59H40FN/c60-48-26-12-20-44(38-48)52-29-14-18-43-19-15-30-53(58(43)52)45-21-13-27-50(39-45)61(49-34-32-42(33-35-49)41-16-4-1-5-17-41)51-36-37-55-54-28-10-11-31-56(54)59(57(55)40-51,46-22-6-2-7-23-46)47-24-8-3-9-25-47/h1-40H. The third-order valence-corrected chi connectivity index (χ3v) is 12.4. The minimum absolute atomic E-state index is 0.246. The van der Waals surface area contributed by atoms with Gasteiger partial charge in [-0.05, 0) is 126 Å². The molecule has 1 aliphatic rings. The van der Waals surface area contributed by atoms with Crippen molar-refractivity contribution in [3.05, 3.63) is 271 Å². The number of nitrogens with zero attached hydrogens (tertiary/aromatic N) is 1. The van der Waals surface area contributed by atoms with Crippen molar-refractivity contribution in [1.29, 1.82) is 0 Å². The fourth-order valence-electron chi connectivity index (χ4n) is 9.74. The number of halogens is 1. The summed E-state index contributed by atoms with van der Waals surface area (Å²) in [6.45, 7) is 0. The van der Waals surface area contributed by atoms with Crippen LogP contribution in [0.4, 0.5) is 21.5 Å². The van der Waals surface area contributed by atoms with E-state index >= 15 is 0 Å². The van der Waals surface area contributed by atoms with Crippen molar-refractivity contribution in [2.24, 2.45) is 0 Å². The quantitative estimate of drug-likeness (QED) is 0.148. The predicted molar refractivity (Wildman–Crippen MR) is 252 cm³/mol. The van der Waals surface area contributed by atoms with Gasteiger partial charge in [0, 0.05) is 17.1 Å². The Bertz CT molecular complexity index is 3150. The van der Waals surface area contributed by atoms with E-state index in [-0.39, 0.29) is 5.82 Å². The van der Waals surface area contributed by atoms with Gasteiger partial charge in [0.2, 0.25) is 0 Å². The van der Waals surface area contributed by atoms with Crippen LogP contribution < -0.4 is 4.90 Å². The van der Waals surface area contributed by atoms with Crippen molar-refractivity contribution < 1.29 is 4.39 Å².